The summed E-state index contributed by atoms with van der Waals surface area (Å²) >= 11 is 1.16. The summed E-state index contributed by atoms with van der Waals surface area (Å²) in [4.78, 5) is 11.2. The van der Waals surface area contributed by atoms with Gasteiger partial charge in [-0.05, 0) is 24.8 Å². The summed E-state index contributed by atoms with van der Waals surface area (Å²) in [5.41, 5.74) is -1.36. The van der Waals surface area contributed by atoms with E-state index in [2.05, 4.69) is 0 Å². The first kappa shape index (κ1) is 13.3. The zero-order valence-corrected chi connectivity index (χ0v) is 11.5. The van der Waals surface area contributed by atoms with Crippen LogP contribution in [0.2, 0.25) is 0 Å². The molecule has 0 amide bonds. The van der Waals surface area contributed by atoms with Gasteiger partial charge in [0.05, 0.1) is 7.11 Å². The number of thiophene rings is 1. The predicted molar refractivity (Wildman–Crippen MR) is 65.4 cm³/mol. The number of carboxylic acid groups (broad SMARTS) is 1. The number of carbonyl (C=O) groups is 1. The molecule has 1 aromatic rings. The molecular weight excluding hydrogens is 278 g/mol. The lowest BCUT2D eigenvalue weighted by Crippen LogP contribution is -2.64. The highest BCUT2D eigenvalue weighted by Crippen LogP contribution is 2.40. The van der Waals surface area contributed by atoms with E-state index in [1.807, 2.05) is 0 Å². The fourth-order valence-electron chi connectivity index (χ4n) is 1.88. The highest BCUT2D eigenvalue weighted by Gasteiger charge is 2.54. The second kappa shape index (κ2) is 4.22. The fraction of sp³-hybridized carbons (Fsp3) is 0.500. The highest BCUT2D eigenvalue weighted by atomic mass is 32.2. The number of aliphatic carboxylic acids is 1. The van der Waals surface area contributed by atoms with E-state index >= 15 is 0 Å². The molecule has 0 aromatic carbocycles. The Morgan fingerprint density at radius 2 is 2.28 bits per heavy atom. The maximum absolute atomic E-state index is 12.4. The maximum Gasteiger partial charge on any atom is 0.324 e. The monoisotopic (exact) mass is 291 g/mol. The molecule has 1 aliphatic rings. The number of sulfonamides is 1. The summed E-state index contributed by atoms with van der Waals surface area (Å²) in [7, 11) is -2.43. The average molecular weight is 291 g/mol. The van der Waals surface area contributed by atoms with Crippen molar-refractivity contribution in [2.24, 2.45) is 0 Å². The molecule has 1 unspecified atom stereocenters. The van der Waals surface area contributed by atoms with Gasteiger partial charge in [0.2, 0.25) is 10.0 Å². The fourth-order valence-corrected chi connectivity index (χ4v) is 4.84. The lowest BCUT2D eigenvalue weighted by Gasteiger charge is -2.45. The summed E-state index contributed by atoms with van der Waals surface area (Å²) in [5.74, 6) is -1.13. The van der Waals surface area contributed by atoms with E-state index in [0.29, 0.717) is 6.42 Å². The number of carboxylic acids is 1. The van der Waals surface area contributed by atoms with Crippen LogP contribution in [0.5, 0.6) is 5.06 Å². The van der Waals surface area contributed by atoms with Crippen molar-refractivity contribution in [3.05, 3.63) is 11.4 Å². The molecule has 8 heteroatoms. The molecule has 1 atom stereocenters. The Hall–Kier alpha value is -1.12. The Morgan fingerprint density at radius 1 is 1.61 bits per heavy atom. The van der Waals surface area contributed by atoms with Gasteiger partial charge < -0.3 is 9.84 Å². The van der Waals surface area contributed by atoms with Gasteiger partial charge in [-0.3, -0.25) is 4.79 Å². The van der Waals surface area contributed by atoms with Crippen molar-refractivity contribution in [2.45, 2.75) is 23.8 Å². The van der Waals surface area contributed by atoms with Crippen LogP contribution in [0.4, 0.5) is 0 Å². The van der Waals surface area contributed by atoms with Gasteiger partial charge in [0.1, 0.15) is 10.4 Å². The van der Waals surface area contributed by atoms with Gasteiger partial charge >= 0.3 is 5.97 Å². The van der Waals surface area contributed by atoms with Crippen molar-refractivity contribution in [3.63, 3.8) is 0 Å². The van der Waals surface area contributed by atoms with E-state index in [1.54, 1.807) is 5.38 Å². The first-order valence-electron chi connectivity index (χ1n) is 5.22. The zero-order chi connectivity index (χ0) is 13.6. The van der Waals surface area contributed by atoms with Crippen LogP contribution in [0, 0.1) is 0 Å². The van der Waals surface area contributed by atoms with Crippen LogP contribution < -0.4 is 4.74 Å². The number of rotatable bonds is 4. The molecule has 2 rings (SSSR count). The molecular formula is C10H13NO5S2. The summed E-state index contributed by atoms with van der Waals surface area (Å²) in [6.45, 7) is 1.62. The first-order valence-corrected chi connectivity index (χ1v) is 7.54. The smallest absolute Gasteiger partial charge is 0.324 e. The van der Waals surface area contributed by atoms with Crippen LogP contribution in [0.3, 0.4) is 0 Å². The van der Waals surface area contributed by atoms with E-state index in [9.17, 15) is 13.2 Å². The first-order chi connectivity index (χ1) is 8.34. The number of methoxy groups -OCH3 is 1. The molecule has 0 bridgehead atoms. The van der Waals surface area contributed by atoms with Gasteiger partial charge in [-0.15, -0.1) is 11.3 Å². The highest BCUT2D eigenvalue weighted by molar-refractivity contribution is 7.89. The molecule has 1 N–H and O–H groups in total. The molecule has 1 saturated heterocycles. The topological polar surface area (TPSA) is 83.9 Å². The second-order valence-corrected chi connectivity index (χ2v) is 6.89. The van der Waals surface area contributed by atoms with E-state index < -0.39 is 21.5 Å². The molecule has 2 heterocycles. The van der Waals surface area contributed by atoms with E-state index in [1.165, 1.54) is 20.1 Å². The van der Waals surface area contributed by atoms with Crippen LogP contribution in [0.25, 0.3) is 0 Å². The van der Waals surface area contributed by atoms with Crippen molar-refractivity contribution in [1.82, 2.24) is 4.31 Å². The lowest BCUT2D eigenvalue weighted by molar-refractivity contribution is -0.153. The standard InChI is InChI=1S/C10H13NO5S2/c1-10(9(12)13)4-5-11(10)18(14,15)7-3-6-17-8(7)16-2/h3,6H,4-5H2,1-2H3,(H,12,13). The molecule has 18 heavy (non-hydrogen) atoms. The molecule has 100 valence electrons. The van der Waals surface area contributed by atoms with Crippen LogP contribution >= 0.6 is 11.3 Å². The van der Waals surface area contributed by atoms with Crippen molar-refractivity contribution >= 4 is 27.3 Å². The minimum Gasteiger partial charge on any atom is -0.486 e. The minimum absolute atomic E-state index is 0.0298. The summed E-state index contributed by atoms with van der Waals surface area (Å²) in [5, 5.41) is 11.0. The van der Waals surface area contributed by atoms with E-state index in [-0.39, 0.29) is 16.5 Å². The van der Waals surface area contributed by atoms with Gasteiger partial charge in [-0.2, -0.15) is 4.31 Å². The lowest BCUT2D eigenvalue weighted by atomic mass is 9.90. The van der Waals surface area contributed by atoms with E-state index in [0.717, 1.165) is 15.6 Å². The van der Waals surface area contributed by atoms with Crippen LogP contribution in [-0.4, -0.2) is 43.0 Å². The Bertz CT molecular complexity index is 579. The number of ether oxygens (including phenoxy) is 1. The quantitative estimate of drug-likeness (QED) is 0.894. The van der Waals surface area contributed by atoms with Gasteiger partial charge in [0.25, 0.3) is 0 Å². The molecule has 1 aliphatic heterocycles. The van der Waals surface area contributed by atoms with E-state index in [4.69, 9.17) is 9.84 Å². The summed E-state index contributed by atoms with van der Waals surface area (Å²) in [6, 6.07) is 1.43. The summed E-state index contributed by atoms with van der Waals surface area (Å²) in [6.07, 6.45) is 0.314. The van der Waals surface area contributed by atoms with Gasteiger partial charge in [-0.25, -0.2) is 8.42 Å². The Labute approximate surface area is 109 Å². The normalized spacial score (nSPS) is 24.6. The van der Waals surface area contributed by atoms with Gasteiger partial charge in [0, 0.05) is 6.54 Å². The Balaban J connectivity index is 2.42. The largest absolute Gasteiger partial charge is 0.486 e. The van der Waals surface area contributed by atoms with Crippen molar-refractivity contribution in [1.29, 1.82) is 0 Å². The molecule has 1 aromatic heterocycles. The van der Waals surface area contributed by atoms with Crippen molar-refractivity contribution < 1.29 is 23.1 Å². The SMILES string of the molecule is COc1sccc1S(=O)(=O)N1CCC1(C)C(=O)O. The molecule has 1 fully saturated rings. The van der Waals surface area contributed by atoms with Gasteiger partial charge in [-0.1, -0.05) is 0 Å². The minimum atomic E-state index is -3.82. The summed E-state index contributed by atoms with van der Waals surface area (Å²) < 4.78 is 30.7. The van der Waals surface area contributed by atoms with Gasteiger partial charge in [0.15, 0.2) is 5.06 Å². The van der Waals surface area contributed by atoms with Crippen molar-refractivity contribution in [2.75, 3.05) is 13.7 Å². The number of hydrogen-bond acceptors (Lipinski definition) is 5. The second-order valence-electron chi connectivity index (χ2n) is 4.18. The molecule has 0 spiro atoms. The molecule has 0 aliphatic carbocycles. The van der Waals surface area contributed by atoms with Crippen molar-refractivity contribution in [3.8, 4) is 5.06 Å². The number of hydrogen-bond donors (Lipinski definition) is 1. The molecule has 0 saturated carbocycles. The third kappa shape index (κ3) is 1.72. The van der Waals surface area contributed by atoms with Crippen LogP contribution in [0.1, 0.15) is 13.3 Å². The third-order valence-electron chi connectivity index (χ3n) is 3.16. The number of nitrogens with zero attached hydrogens (tertiary/aromatic N) is 1. The predicted octanol–water partition coefficient (Wildman–Crippen LogP) is 0.994. The third-order valence-corrected chi connectivity index (χ3v) is 6.21. The Kier molecular flexibility index (Phi) is 3.12. The average Bonchev–Trinajstić information content (AvgIpc) is 2.74. The zero-order valence-electron chi connectivity index (χ0n) is 9.91. The Morgan fingerprint density at radius 3 is 2.72 bits per heavy atom. The van der Waals surface area contributed by atoms with Crippen LogP contribution in [-0.2, 0) is 14.8 Å². The van der Waals surface area contributed by atoms with Crippen LogP contribution in [0.15, 0.2) is 16.3 Å². The maximum atomic E-state index is 12.4. The molecule has 6 nitrogen and oxygen atoms in total. The molecule has 0 radical (unpaired) electrons.